The summed E-state index contributed by atoms with van der Waals surface area (Å²) in [7, 11) is 0. The molecule has 16 heavy (non-hydrogen) atoms. The number of imidazole rings is 1. The van der Waals surface area contributed by atoms with Crippen molar-refractivity contribution in [3.63, 3.8) is 0 Å². The van der Waals surface area contributed by atoms with Crippen molar-refractivity contribution in [3.05, 3.63) is 11.6 Å². The molecule has 7 nitrogen and oxygen atoms in total. The zero-order valence-electron chi connectivity index (χ0n) is 8.23. The van der Waals surface area contributed by atoms with Gasteiger partial charge in [-0.05, 0) is 18.5 Å². The number of aromatic nitrogens is 4. The number of carboxylic acid groups (broad SMARTS) is 1. The molecule has 2 aromatic heterocycles. The number of hydrogen-bond donors (Lipinski definition) is 3. The molecular weight excluding hydrogens is 234 g/mol. The number of H-pyrrole nitrogens is 1. The molecule has 2 rings (SSSR count). The van der Waals surface area contributed by atoms with Gasteiger partial charge in [-0.15, -0.1) is 0 Å². The molecule has 0 aromatic carbocycles. The lowest BCUT2D eigenvalue weighted by molar-refractivity contribution is -0.137. The van der Waals surface area contributed by atoms with Crippen molar-refractivity contribution in [2.24, 2.45) is 0 Å². The van der Waals surface area contributed by atoms with Gasteiger partial charge in [-0.25, -0.2) is 4.98 Å². The van der Waals surface area contributed by atoms with Gasteiger partial charge in [0.1, 0.15) is 11.6 Å². The quantitative estimate of drug-likeness (QED) is 0.690. The number of aromatic amines is 1. The van der Waals surface area contributed by atoms with Crippen LogP contribution in [-0.4, -0.2) is 37.1 Å². The van der Waals surface area contributed by atoms with Crippen molar-refractivity contribution in [1.82, 2.24) is 19.9 Å². The molecule has 0 fully saturated rings. The Morgan fingerprint density at radius 1 is 1.62 bits per heavy atom. The van der Waals surface area contributed by atoms with E-state index in [4.69, 9.17) is 16.7 Å². The third-order valence-corrected chi connectivity index (χ3v) is 2.15. The van der Waals surface area contributed by atoms with Gasteiger partial charge in [0.05, 0.1) is 6.33 Å². The van der Waals surface area contributed by atoms with Crippen LogP contribution in [0, 0.1) is 0 Å². The molecule has 0 aliphatic heterocycles. The first-order valence-electron chi connectivity index (χ1n) is 4.44. The second-order valence-corrected chi connectivity index (χ2v) is 3.48. The smallest absolute Gasteiger partial charge is 0.325 e. The molecular formula is C8H8ClN5O2. The Morgan fingerprint density at radius 3 is 3.06 bits per heavy atom. The highest BCUT2D eigenvalue weighted by atomic mass is 35.5. The van der Waals surface area contributed by atoms with Gasteiger partial charge >= 0.3 is 5.97 Å². The van der Waals surface area contributed by atoms with E-state index in [1.165, 1.54) is 13.3 Å². The molecule has 0 radical (unpaired) electrons. The SMILES string of the molecule is CC(Nc1nc(Cl)nc2nc[nH]c12)C(=O)O. The maximum absolute atomic E-state index is 10.7. The molecule has 0 spiro atoms. The van der Waals surface area contributed by atoms with E-state index in [2.05, 4.69) is 25.3 Å². The Morgan fingerprint density at radius 2 is 2.38 bits per heavy atom. The highest BCUT2D eigenvalue weighted by molar-refractivity contribution is 6.28. The highest BCUT2D eigenvalue weighted by Crippen LogP contribution is 2.19. The van der Waals surface area contributed by atoms with Gasteiger partial charge in [0.25, 0.3) is 0 Å². The van der Waals surface area contributed by atoms with Crippen LogP contribution in [-0.2, 0) is 4.79 Å². The molecule has 0 bridgehead atoms. The fourth-order valence-corrected chi connectivity index (χ4v) is 1.34. The number of fused-ring (bicyclic) bond motifs is 1. The summed E-state index contributed by atoms with van der Waals surface area (Å²) in [5.74, 6) is -0.662. The van der Waals surface area contributed by atoms with Gasteiger partial charge in [-0.2, -0.15) is 9.97 Å². The molecule has 2 aromatic rings. The minimum atomic E-state index is -0.984. The monoisotopic (exact) mass is 241 g/mol. The Balaban J connectivity index is 2.42. The molecule has 84 valence electrons. The number of aliphatic carboxylic acids is 1. The lowest BCUT2D eigenvalue weighted by atomic mass is 10.3. The second kappa shape index (κ2) is 3.93. The van der Waals surface area contributed by atoms with Crippen LogP contribution in [0.2, 0.25) is 5.28 Å². The van der Waals surface area contributed by atoms with Crippen LogP contribution in [0.1, 0.15) is 6.92 Å². The normalized spacial score (nSPS) is 12.6. The summed E-state index contributed by atoms with van der Waals surface area (Å²) >= 11 is 5.68. The Labute approximate surface area is 94.9 Å². The van der Waals surface area contributed by atoms with Crippen LogP contribution in [0.25, 0.3) is 11.2 Å². The molecule has 3 N–H and O–H groups in total. The maximum atomic E-state index is 10.7. The van der Waals surface area contributed by atoms with E-state index in [1.807, 2.05) is 0 Å². The molecule has 2 heterocycles. The summed E-state index contributed by atoms with van der Waals surface area (Å²) in [6.45, 7) is 1.50. The number of carbonyl (C=O) groups is 1. The Hall–Kier alpha value is -1.89. The van der Waals surface area contributed by atoms with Crippen LogP contribution < -0.4 is 5.32 Å². The van der Waals surface area contributed by atoms with Crippen LogP contribution in [0.5, 0.6) is 0 Å². The van der Waals surface area contributed by atoms with Crippen LogP contribution in [0.15, 0.2) is 6.33 Å². The topological polar surface area (TPSA) is 104 Å². The average Bonchev–Trinajstić information content (AvgIpc) is 2.65. The van der Waals surface area contributed by atoms with Crippen LogP contribution >= 0.6 is 11.6 Å². The standard InChI is InChI=1S/C8H8ClN5O2/c1-3(7(15)16)12-6-4-5(11-2-10-4)13-8(9)14-6/h2-3H,1H3,(H,15,16)(H2,10,11,12,13,14). The van der Waals surface area contributed by atoms with Crippen molar-refractivity contribution in [2.75, 3.05) is 5.32 Å². The fourth-order valence-electron chi connectivity index (χ4n) is 1.18. The summed E-state index contributed by atoms with van der Waals surface area (Å²) in [5.41, 5.74) is 0.914. The van der Waals surface area contributed by atoms with Crippen LogP contribution in [0.3, 0.4) is 0 Å². The lowest BCUT2D eigenvalue weighted by Gasteiger charge is -2.09. The predicted molar refractivity (Wildman–Crippen MR) is 57.4 cm³/mol. The van der Waals surface area contributed by atoms with Crippen molar-refractivity contribution < 1.29 is 9.90 Å². The first-order chi connectivity index (χ1) is 7.58. The summed E-state index contributed by atoms with van der Waals surface area (Å²) in [6, 6.07) is -0.780. The zero-order valence-corrected chi connectivity index (χ0v) is 8.99. The van der Waals surface area contributed by atoms with Crippen molar-refractivity contribution in [2.45, 2.75) is 13.0 Å². The number of hydrogen-bond acceptors (Lipinski definition) is 5. The minimum absolute atomic E-state index is 0.0136. The number of carboxylic acids is 1. The molecule has 0 saturated heterocycles. The molecule has 1 unspecified atom stereocenters. The van der Waals surface area contributed by atoms with E-state index in [9.17, 15) is 4.79 Å². The second-order valence-electron chi connectivity index (χ2n) is 3.15. The number of nitrogens with one attached hydrogen (secondary N) is 2. The first-order valence-corrected chi connectivity index (χ1v) is 4.81. The van der Waals surface area contributed by atoms with E-state index in [0.29, 0.717) is 17.0 Å². The van der Waals surface area contributed by atoms with Gasteiger partial charge in [-0.1, -0.05) is 0 Å². The largest absolute Gasteiger partial charge is 0.480 e. The van der Waals surface area contributed by atoms with E-state index in [1.54, 1.807) is 0 Å². The van der Waals surface area contributed by atoms with E-state index in [-0.39, 0.29) is 5.28 Å². The molecule has 8 heteroatoms. The number of nitrogens with zero attached hydrogens (tertiary/aromatic N) is 3. The average molecular weight is 242 g/mol. The van der Waals surface area contributed by atoms with Crippen molar-refractivity contribution in [1.29, 1.82) is 0 Å². The van der Waals surface area contributed by atoms with Gasteiger partial charge in [0.15, 0.2) is 11.5 Å². The molecule has 0 amide bonds. The molecule has 0 aliphatic carbocycles. The third-order valence-electron chi connectivity index (χ3n) is 1.98. The van der Waals surface area contributed by atoms with Gasteiger partial charge in [0.2, 0.25) is 5.28 Å². The summed E-state index contributed by atoms with van der Waals surface area (Å²) < 4.78 is 0. The van der Waals surface area contributed by atoms with E-state index < -0.39 is 12.0 Å². The highest BCUT2D eigenvalue weighted by Gasteiger charge is 2.15. The molecule has 0 saturated carbocycles. The fraction of sp³-hybridized carbons (Fsp3) is 0.250. The number of anilines is 1. The predicted octanol–water partition coefficient (Wildman–Crippen LogP) is 0.891. The molecule has 0 aliphatic rings. The minimum Gasteiger partial charge on any atom is -0.480 e. The lowest BCUT2D eigenvalue weighted by Crippen LogP contribution is -2.26. The van der Waals surface area contributed by atoms with Crippen molar-refractivity contribution >= 4 is 34.6 Å². The summed E-state index contributed by atoms with van der Waals surface area (Å²) in [4.78, 5) is 25.2. The number of rotatable bonds is 3. The maximum Gasteiger partial charge on any atom is 0.325 e. The van der Waals surface area contributed by atoms with E-state index >= 15 is 0 Å². The van der Waals surface area contributed by atoms with Gasteiger partial charge < -0.3 is 15.4 Å². The summed E-state index contributed by atoms with van der Waals surface area (Å²) in [6.07, 6.45) is 1.44. The first kappa shape index (κ1) is 10.6. The third kappa shape index (κ3) is 1.89. The number of halogens is 1. The van der Waals surface area contributed by atoms with Gasteiger partial charge in [-0.3, -0.25) is 4.79 Å². The summed E-state index contributed by atoms with van der Waals surface area (Å²) in [5, 5.41) is 11.5. The van der Waals surface area contributed by atoms with Gasteiger partial charge in [0, 0.05) is 0 Å². The van der Waals surface area contributed by atoms with E-state index in [0.717, 1.165) is 0 Å². The van der Waals surface area contributed by atoms with Crippen LogP contribution in [0.4, 0.5) is 5.82 Å². The Bertz CT molecular complexity index is 540. The Kier molecular flexibility index (Phi) is 2.61. The van der Waals surface area contributed by atoms with Crippen molar-refractivity contribution in [3.8, 4) is 0 Å². The zero-order chi connectivity index (χ0) is 11.7. The molecule has 1 atom stereocenters.